The third-order valence-corrected chi connectivity index (χ3v) is 5.46. The average molecular weight is 407 g/mol. The van der Waals surface area contributed by atoms with Gasteiger partial charge in [-0.1, -0.05) is 45.1 Å². The van der Waals surface area contributed by atoms with Crippen molar-refractivity contribution in [1.82, 2.24) is 0 Å². The van der Waals surface area contributed by atoms with Crippen LogP contribution >= 0.6 is 0 Å². The Morgan fingerprint density at radius 3 is 1.81 bits per heavy atom. The van der Waals surface area contributed by atoms with Crippen LogP contribution in [0.4, 0.5) is 0 Å². The quantitative estimate of drug-likeness (QED) is 0.130. The number of esters is 1. The van der Waals surface area contributed by atoms with Crippen molar-refractivity contribution in [2.24, 2.45) is 0 Å². The number of carbonyl (C=O) groups excluding carboxylic acids is 1. The lowest BCUT2D eigenvalue weighted by atomic mass is 10.1. The standard InChI is InChI=1S/C20H39NO5S/c1-19(2)20(22)26-17-13-11-9-7-5-6-8-10-12-15-21(3,4)16-14-18-27(23,24)25/h1,5-18H2,2-4H3/p+1. The summed E-state index contributed by atoms with van der Waals surface area (Å²) in [5.74, 6) is -0.444. The summed E-state index contributed by atoms with van der Waals surface area (Å²) in [6.07, 6.45) is 11.0. The third kappa shape index (κ3) is 18.2. The molecule has 0 amide bonds. The molecule has 0 saturated carbocycles. The summed E-state index contributed by atoms with van der Waals surface area (Å²) in [6.45, 7) is 7.50. The molecule has 7 heteroatoms. The van der Waals surface area contributed by atoms with Crippen LogP contribution in [0.25, 0.3) is 0 Å². The number of rotatable bonds is 17. The lowest BCUT2D eigenvalue weighted by Crippen LogP contribution is -2.41. The fraction of sp³-hybridized carbons (Fsp3) is 0.850. The van der Waals surface area contributed by atoms with Gasteiger partial charge in [0.2, 0.25) is 0 Å². The van der Waals surface area contributed by atoms with Crippen LogP contribution in [0.1, 0.15) is 71.1 Å². The van der Waals surface area contributed by atoms with E-state index in [4.69, 9.17) is 9.29 Å². The van der Waals surface area contributed by atoms with Gasteiger partial charge in [0.1, 0.15) is 0 Å². The van der Waals surface area contributed by atoms with Gasteiger partial charge in [0.15, 0.2) is 0 Å². The van der Waals surface area contributed by atoms with Crippen molar-refractivity contribution in [3.63, 3.8) is 0 Å². The van der Waals surface area contributed by atoms with Crippen molar-refractivity contribution >= 4 is 16.1 Å². The number of hydrogen-bond donors (Lipinski definition) is 1. The lowest BCUT2D eigenvalue weighted by Gasteiger charge is -2.29. The molecule has 0 aliphatic heterocycles. The molecule has 0 aromatic heterocycles. The predicted molar refractivity (Wildman–Crippen MR) is 110 cm³/mol. The van der Waals surface area contributed by atoms with Crippen molar-refractivity contribution in [3.8, 4) is 0 Å². The van der Waals surface area contributed by atoms with E-state index in [1.54, 1.807) is 6.92 Å². The second-order valence-electron chi connectivity index (χ2n) is 8.12. The number of ether oxygens (including phenoxy) is 1. The van der Waals surface area contributed by atoms with Crippen LogP contribution in [0.5, 0.6) is 0 Å². The highest BCUT2D eigenvalue weighted by atomic mass is 32.2. The fourth-order valence-corrected chi connectivity index (χ4v) is 3.45. The van der Waals surface area contributed by atoms with Crippen LogP contribution in [-0.4, -0.2) is 63.0 Å². The minimum absolute atomic E-state index is 0.148. The molecule has 0 saturated heterocycles. The molecule has 0 aliphatic carbocycles. The summed E-state index contributed by atoms with van der Waals surface area (Å²) in [7, 11) is 0.383. The Bertz CT molecular complexity index is 528. The topological polar surface area (TPSA) is 80.7 Å². The van der Waals surface area contributed by atoms with E-state index in [0.717, 1.165) is 36.8 Å². The number of quaternary nitrogens is 1. The van der Waals surface area contributed by atoms with Gasteiger partial charge in [-0.25, -0.2) is 4.79 Å². The second-order valence-corrected chi connectivity index (χ2v) is 9.69. The summed E-state index contributed by atoms with van der Waals surface area (Å²) in [5, 5.41) is 0. The molecule has 0 aliphatic rings. The van der Waals surface area contributed by atoms with Crippen LogP contribution < -0.4 is 0 Å². The number of hydrogen-bond acceptors (Lipinski definition) is 4. The molecular weight excluding hydrogens is 366 g/mol. The van der Waals surface area contributed by atoms with Crippen LogP contribution in [0.3, 0.4) is 0 Å². The predicted octanol–water partition coefficient (Wildman–Crippen LogP) is 3.97. The summed E-state index contributed by atoms with van der Waals surface area (Å²) < 4.78 is 36.1. The summed E-state index contributed by atoms with van der Waals surface area (Å²) in [4.78, 5) is 11.2. The SMILES string of the molecule is C=C(C)C(=O)OCCCCCCCCCCC[N+](C)(C)CCCS(=O)(=O)O. The summed E-state index contributed by atoms with van der Waals surface area (Å²) >= 11 is 0. The summed E-state index contributed by atoms with van der Waals surface area (Å²) in [5.41, 5.74) is 0.454. The van der Waals surface area contributed by atoms with E-state index in [1.807, 2.05) is 0 Å². The normalized spacial score (nSPS) is 12.1. The Morgan fingerprint density at radius 1 is 0.889 bits per heavy atom. The molecule has 0 spiro atoms. The first-order valence-electron chi connectivity index (χ1n) is 10.1. The molecule has 0 atom stereocenters. The molecule has 0 fully saturated rings. The zero-order valence-electron chi connectivity index (χ0n) is 17.5. The molecule has 27 heavy (non-hydrogen) atoms. The molecular formula is C20H40NO5S+. The van der Waals surface area contributed by atoms with E-state index in [1.165, 1.54) is 38.5 Å². The lowest BCUT2D eigenvalue weighted by molar-refractivity contribution is -0.890. The van der Waals surface area contributed by atoms with Gasteiger partial charge in [-0.15, -0.1) is 0 Å². The van der Waals surface area contributed by atoms with E-state index in [0.29, 0.717) is 18.6 Å². The van der Waals surface area contributed by atoms with Crippen LogP contribution in [-0.2, 0) is 19.6 Å². The Labute approximate surface area is 166 Å². The van der Waals surface area contributed by atoms with Crippen molar-refractivity contribution in [1.29, 1.82) is 0 Å². The molecule has 0 bridgehead atoms. The maximum Gasteiger partial charge on any atom is 0.333 e. The highest BCUT2D eigenvalue weighted by Crippen LogP contribution is 2.12. The monoisotopic (exact) mass is 406 g/mol. The molecule has 1 N–H and O–H groups in total. The number of carbonyl (C=O) groups is 1. The maximum atomic E-state index is 11.2. The second kappa shape index (κ2) is 14.1. The summed E-state index contributed by atoms with van der Waals surface area (Å²) in [6, 6.07) is 0. The molecule has 0 heterocycles. The molecule has 160 valence electrons. The van der Waals surface area contributed by atoms with Crippen LogP contribution in [0, 0.1) is 0 Å². The highest BCUT2D eigenvalue weighted by Gasteiger charge is 2.16. The first-order chi connectivity index (χ1) is 12.5. The third-order valence-electron chi connectivity index (χ3n) is 4.66. The first-order valence-corrected chi connectivity index (χ1v) is 11.7. The van der Waals surface area contributed by atoms with E-state index < -0.39 is 10.1 Å². The molecule has 0 radical (unpaired) electrons. The van der Waals surface area contributed by atoms with E-state index >= 15 is 0 Å². The first kappa shape index (κ1) is 26.1. The van der Waals surface area contributed by atoms with Crippen molar-refractivity contribution in [2.45, 2.75) is 71.1 Å². The maximum absolute atomic E-state index is 11.2. The van der Waals surface area contributed by atoms with Crippen molar-refractivity contribution in [3.05, 3.63) is 12.2 Å². The largest absolute Gasteiger partial charge is 0.462 e. The van der Waals surface area contributed by atoms with Crippen molar-refractivity contribution in [2.75, 3.05) is 39.5 Å². The van der Waals surface area contributed by atoms with Gasteiger partial charge in [-0.2, -0.15) is 8.42 Å². The Morgan fingerprint density at radius 2 is 1.33 bits per heavy atom. The van der Waals surface area contributed by atoms with Crippen LogP contribution in [0.15, 0.2) is 12.2 Å². The van der Waals surface area contributed by atoms with E-state index in [-0.39, 0.29) is 11.7 Å². The Hall–Kier alpha value is -0.920. The minimum Gasteiger partial charge on any atom is -0.462 e. The fourth-order valence-electron chi connectivity index (χ4n) is 2.95. The van der Waals surface area contributed by atoms with E-state index in [9.17, 15) is 13.2 Å². The smallest absolute Gasteiger partial charge is 0.333 e. The van der Waals surface area contributed by atoms with Gasteiger partial charge in [-0.05, 0) is 26.2 Å². The van der Waals surface area contributed by atoms with E-state index in [2.05, 4.69) is 20.7 Å². The van der Waals surface area contributed by atoms with Gasteiger partial charge >= 0.3 is 5.97 Å². The molecule has 6 nitrogen and oxygen atoms in total. The zero-order valence-corrected chi connectivity index (χ0v) is 18.4. The Kier molecular flexibility index (Phi) is 13.6. The van der Waals surface area contributed by atoms with Crippen molar-refractivity contribution < 1.29 is 27.0 Å². The number of unbranched alkanes of at least 4 members (excludes halogenated alkanes) is 8. The van der Waals surface area contributed by atoms with Gasteiger partial charge in [0.05, 0.1) is 39.5 Å². The van der Waals surface area contributed by atoms with Crippen LogP contribution in [0.2, 0.25) is 0 Å². The average Bonchev–Trinajstić information content (AvgIpc) is 2.53. The zero-order chi connectivity index (χ0) is 20.8. The molecule has 0 aromatic carbocycles. The Balaban J connectivity index is 3.44. The van der Waals surface area contributed by atoms with Gasteiger partial charge < -0.3 is 9.22 Å². The van der Waals surface area contributed by atoms with Gasteiger partial charge in [0, 0.05) is 12.0 Å². The number of nitrogens with zero attached hydrogens (tertiary/aromatic N) is 1. The minimum atomic E-state index is -3.83. The molecule has 0 rings (SSSR count). The highest BCUT2D eigenvalue weighted by molar-refractivity contribution is 7.85. The van der Waals surface area contributed by atoms with Gasteiger partial charge in [-0.3, -0.25) is 4.55 Å². The van der Waals surface area contributed by atoms with Gasteiger partial charge in [0.25, 0.3) is 10.1 Å². The molecule has 0 aromatic rings. The molecule has 0 unspecified atom stereocenters.